The number of benzene rings is 2. The zero-order valence-electron chi connectivity index (χ0n) is 15.8. The first-order valence-electron chi connectivity index (χ1n) is 9.13. The van der Waals surface area contributed by atoms with Crippen LogP contribution < -0.4 is 4.74 Å². The summed E-state index contributed by atoms with van der Waals surface area (Å²) in [6, 6.07) is 12.6. The van der Waals surface area contributed by atoms with Crippen LogP contribution in [0.1, 0.15) is 16.7 Å². The predicted molar refractivity (Wildman–Crippen MR) is 105 cm³/mol. The Morgan fingerprint density at radius 2 is 1.81 bits per heavy atom. The van der Waals surface area contributed by atoms with Crippen LogP contribution in [0, 0.1) is 12.7 Å². The molecule has 1 aliphatic heterocycles. The molecule has 1 amide bonds. The molecule has 3 rings (SSSR count). The summed E-state index contributed by atoms with van der Waals surface area (Å²) < 4.78 is 18.8. The van der Waals surface area contributed by atoms with Gasteiger partial charge in [-0.3, -0.25) is 9.69 Å². The Bertz CT molecular complexity index is 810. The first kappa shape index (κ1) is 19.1. The van der Waals surface area contributed by atoms with Crippen molar-refractivity contribution in [3.05, 3.63) is 71.0 Å². The fourth-order valence-electron chi connectivity index (χ4n) is 3.19. The number of hydrogen-bond acceptors (Lipinski definition) is 3. The van der Waals surface area contributed by atoms with Crippen molar-refractivity contribution in [3.8, 4) is 5.75 Å². The zero-order chi connectivity index (χ0) is 19.2. The van der Waals surface area contributed by atoms with Gasteiger partial charge in [0, 0.05) is 44.4 Å². The predicted octanol–water partition coefficient (Wildman–Crippen LogP) is 3.50. The van der Waals surface area contributed by atoms with Gasteiger partial charge in [-0.1, -0.05) is 29.8 Å². The normalized spacial score (nSPS) is 15.3. The number of hydrogen-bond donors (Lipinski definition) is 0. The molecule has 142 valence electrons. The molecule has 0 aromatic heterocycles. The Hall–Kier alpha value is -2.66. The maximum absolute atomic E-state index is 13.5. The van der Waals surface area contributed by atoms with Crippen molar-refractivity contribution in [1.82, 2.24) is 9.80 Å². The molecule has 1 heterocycles. The summed E-state index contributed by atoms with van der Waals surface area (Å²) >= 11 is 0. The highest BCUT2D eigenvalue weighted by molar-refractivity contribution is 5.91. The summed E-state index contributed by atoms with van der Waals surface area (Å²) in [7, 11) is 1.59. The van der Waals surface area contributed by atoms with Crippen molar-refractivity contribution in [2.75, 3.05) is 33.3 Å². The fraction of sp³-hybridized carbons (Fsp3) is 0.318. The van der Waals surface area contributed by atoms with Crippen molar-refractivity contribution in [2.24, 2.45) is 0 Å². The van der Waals surface area contributed by atoms with Crippen LogP contribution in [-0.2, 0) is 11.3 Å². The van der Waals surface area contributed by atoms with E-state index in [1.807, 2.05) is 42.2 Å². The molecule has 2 aromatic rings. The Balaban J connectivity index is 1.53. The lowest BCUT2D eigenvalue weighted by atomic mass is 10.1. The molecule has 0 N–H and O–H groups in total. The maximum Gasteiger partial charge on any atom is 0.246 e. The lowest BCUT2D eigenvalue weighted by Gasteiger charge is -2.34. The number of carbonyl (C=O) groups excluding carboxylic acids is 1. The van der Waals surface area contributed by atoms with Gasteiger partial charge in [-0.2, -0.15) is 0 Å². The molecule has 1 saturated heterocycles. The number of piperazine rings is 1. The minimum Gasteiger partial charge on any atom is -0.496 e. The van der Waals surface area contributed by atoms with Crippen LogP contribution >= 0.6 is 0 Å². The van der Waals surface area contributed by atoms with E-state index in [9.17, 15) is 9.18 Å². The molecule has 0 spiro atoms. The summed E-state index contributed by atoms with van der Waals surface area (Å²) in [5.74, 6) is 0.454. The first-order chi connectivity index (χ1) is 13.0. The standard InChI is InChI=1S/C22H25FN2O2/c1-17-3-5-18(6-4-17)7-10-22(26)25-13-11-24(12-14-25)16-19-15-20(23)8-9-21(19)27-2/h3-10,15H,11-14,16H2,1-2H3/b10-7+. The summed E-state index contributed by atoms with van der Waals surface area (Å²) in [6.45, 7) is 5.48. The van der Waals surface area contributed by atoms with E-state index in [1.54, 1.807) is 19.3 Å². The van der Waals surface area contributed by atoms with Gasteiger partial charge >= 0.3 is 0 Å². The molecule has 5 heteroatoms. The van der Waals surface area contributed by atoms with Crippen LogP contribution in [0.25, 0.3) is 6.08 Å². The molecule has 1 aliphatic rings. The average Bonchev–Trinajstić information content (AvgIpc) is 2.68. The van der Waals surface area contributed by atoms with E-state index in [0.717, 1.165) is 24.2 Å². The minimum absolute atomic E-state index is 0.0264. The van der Waals surface area contributed by atoms with Crippen molar-refractivity contribution >= 4 is 12.0 Å². The van der Waals surface area contributed by atoms with E-state index in [0.29, 0.717) is 25.4 Å². The largest absolute Gasteiger partial charge is 0.496 e. The quantitative estimate of drug-likeness (QED) is 0.758. The Kier molecular flexibility index (Phi) is 6.24. The maximum atomic E-state index is 13.5. The molecule has 0 atom stereocenters. The molecule has 4 nitrogen and oxygen atoms in total. The van der Waals surface area contributed by atoms with Gasteiger partial charge in [-0.15, -0.1) is 0 Å². The lowest BCUT2D eigenvalue weighted by molar-refractivity contribution is -0.127. The second-order valence-corrected chi connectivity index (χ2v) is 6.80. The van der Waals surface area contributed by atoms with E-state index in [2.05, 4.69) is 4.90 Å². The molecule has 27 heavy (non-hydrogen) atoms. The van der Waals surface area contributed by atoms with Gasteiger partial charge in [0.2, 0.25) is 5.91 Å². The fourth-order valence-corrected chi connectivity index (χ4v) is 3.19. The monoisotopic (exact) mass is 368 g/mol. The molecular formula is C22H25FN2O2. The van der Waals surface area contributed by atoms with Crippen molar-refractivity contribution in [1.29, 1.82) is 0 Å². The van der Waals surface area contributed by atoms with Gasteiger partial charge in [0.25, 0.3) is 0 Å². The summed E-state index contributed by atoms with van der Waals surface area (Å²) in [6.07, 6.45) is 3.49. The molecule has 0 unspecified atom stereocenters. The Morgan fingerprint density at radius 3 is 2.48 bits per heavy atom. The molecule has 0 aliphatic carbocycles. The summed E-state index contributed by atoms with van der Waals surface area (Å²) in [5.41, 5.74) is 3.05. The van der Waals surface area contributed by atoms with Crippen LogP contribution in [0.3, 0.4) is 0 Å². The number of amides is 1. The highest BCUT2D eigenvalue weighted by Gasteiger charge is 2.20. The minimum atomic E-state index is -0.263. The van der Waals surface area contributed by atoms with Crippen LogP contribution in [0.2, 0.25) is 0 Å². The van der Waals surface area contributed by atoms with Gasteiger partial charge in [0.15, 0.2) is 0 Å². The number of ether oxygens (including phenoxy) is 1. The van der Waals surface area contributed by atoms with Crippen LogP contribution in [0.4, 0.5) is 4.39 Å². The smallest absolute Gasteiger partial charge is 0.246 e. The molecule has 2 aromatic carbocycles. The van der Waals surface area contributed by atoms with Crippen LogP contribution in [0.5, 0.6) is 5.75 Å². The van der Waals surface area contributed by atoms with Gasteiger partial charge in [-0.25, -0.2) is 4.39 Å². The number of carbonyl (C=O) groups is 1. The highest BCUT2D eigenvalue weighted by Crippen LogP contribution is 2.21. The third-order valence-corrected chi connectivity index (χ3v) is 4.82. The number of halogens is 1. The zero-order valence-corrected chi connectivity index (χ0v) is 15.8. The van der Waals surface area contributed by atoms with Crippen LogP contribution in [-0.4, -0.2) is 49.0 Å². The van der Waals surface area contributed by atoms with Crippen molar-refractivity contribution < 1.29 is 13.9 Å². The summed E-state index contributed by atoms with van der Waals surface area (Å²) in [5, 5.41) is 0. The highest BCUT2D eigenvalue weighted by atomic mass is 19.1. The lowest BCUT2D eigenvalue weighted by Crippen LogP contribution is -2.47. The van der Waals surface area contributed by atoms with Crippen LogP contribution in [0.15, 0.2) is 48.5 Å². The van der Waals surface area contributed by atoms with E-state index in [1.165, 1.54) is 17.7 Å². The molecular weight excluding hydrogens is 343 g/mol. The molecule has 0 saturated carbocycles. The van der Waals surface area contributed by atoms with Gasteiger partial charge in [0.05, 0.1) is 7.11 Å². The van der Waals surface area contributed by atoms with E-state index in [-0.39, 0.29) is 11.7 Å². The van der Waals surface area contributed by atoms with Gasteiger partial charge in [0.1, 0.15) is 11.6 Å². The Morgan fingerprint density at radius 1 is 1.11 bits per heavy atom. The first-order valence-corrected chi connectivity index (χ1v) is 9.13. The number of nitrogens with zero attached hydrogens (tertiary/aromatic N) is 2. The van der Waals surface area contributed by atoms with Gasteiger partial charge < -0.3 is 9.64 Å². The number of methoxy groups -OCH3 is 1. The molecule has 0 bridgehead atoms. The number of rotatable bonds is 5. The van der Waals surface area contributed by atoms with E-state index >= 15 is 0 Å². The summed E-state index contributed by atoms with van der Waals surface area (Å²) in [4.78, 5) is 16.5. The third kappa shape index (κ3) is 5.17. The van der Waals surface area contributed by atoms with E-state index < -0.39 is 0 Å². The van der Waals surface area contributed by atoms with E-state index in [4.69, 9.17) is 4.74 Å². The van der Waals surface area contributed by atoms with Crippen molar-refractivity contribution in [3.63, 3.8) is 0 Å². The number of aryl methyl sites for hydroxylation is 1. The average molecular weight is 368 g/mol. The third-order valence-electron chi connectivity index (χ3n) is 4.82. The Labute approximate surface area is 159 Å². The second kappa shape index (κ2) is 8.82. The second-order valence-electron chi connectivity index (χ2n) is 6.80. The van der Waals surface area contributed by atoms with Gasteiger partial charge in [-0.05, 0) is 36.8 Å². The molecule has 1 fully saturated rings. The van der Waals surface area contributed by atoms with Crippen molar-refractivity contribution in [2.45, 2.75) is 13.5 Å². The SMILES string of the molecule is COc1ccc(F)cc1CN1CCN(C(=O)/C=C/c2ccc(C)cc2)CC1. The molecule has 0 radical (unpaired) electrons. The topological polar surface area (TPSA) is 32.8 Å².